The van der Waals surface area contributed by atoms with Crippen molar-refractivity contribution in [3.63, 3.8) is 0 Å². The van der Waals surface area contributed by atoms with E-state index in [-0.39, 0.29) is 24.0 Å². The van der Waals surface area contributed by atoms with Crippen LogP contribution in [0.25, 0.3) is 10.9 Å². The lowest BCUT2D eigenvalue weighted by atomic mass is 9.91. The third kappa shape index (κ3) is 3.07. The van der Waals surface area contributed by atoms with Gasteiger partial charge in [0.1, 0.15) is 12.1 Å². The molecule has 1 aromatic heterocycles. The number of para-hydroxylation sites is 1. The van der Waals surface area contributed by atoms with Crippen LogP contribution in [-0.2, 0) is 16.1 Å². The lowest BCUT2D eigenvalue weighted by molar-refractivity contribution is -0.135. The van der Waals surface area contributed by atoms with E-state index < -0.39 is 5.60 Å². The number of rotatable bonds is 2. The molecule has 27 heavy (non-hydrogen) atoms. The number of aromatic nitrogens is 1. The summed E-state index contributed by atoms with van der Waals surface area (Å²) in [5, 5.41) is 0.620. The number of benzene rings is 1. The minimum atomic E-state index is -0.456. The van der Waals surface area contributed by atoms with Gasteiger partial charge < -0.3 is 19.1 Å². The maximum absolute atomic E-state index is 12.9. The van der Waals surface area contributed by atoms with Gasteiger partial charge in [-0.3, -0.25) is 9.59 Å². The SMILES string of the molecule is Cc1cc(=O)c2ccccc2n1CC(=O)N1CCC2(CC1)CN(C)C(=O)O2. The fourth-order valence-corrected chi connectivity index (χ4v) is 4.11. The summed E-state index contributed by atoms with van der Waals surface area (Å²) < 4.78 is 7.44. The Morgan fingerprint density at radius 2 is 1.89 bits per heavy atom. The smallest absolute Gasteiger partial charge is 0.410 e. The van der Waals surface area contributed by atoms with E-state index >= 15 is 0 Å². The molecule has 7 heteroatoms. The van der Waals surface area contributed by atoms with Gasteiger partial charge in [0, 0.05) is 50.1 Å². The molecular weight excluding hydrogens is 346 g/mol. The van der Waals surface area contributed by atoms with Crippen LogP contribution >= 0.6 is 0 Å². The van der Waals surface area contributed by atoms with Crippen LogP contribution in [0.1, 0.15) is 18.5 Å². The van der Waals surface area contributed by atoms with Crippen molar-refractivity contribution >= 4 is 22.9 Å². The molecule has 4 rings (SSSR count). The van der Waals surface area contributed by atoms with E-state index in [0.717, 1.165) is 11.2 Å². The quantitative estimate of drug-likeness (QED) is 0.809. The van der Waals surface area contributed by atoms with Crippen molar-refractivity contribution in [1.82, 2.24) is 14.4 Å². The molecule has 1 aromatic carbocycles. The van der Waals surface area contributed by atoms with Crippen LogP contribution in [0.4, 0.5) is 4.79 Å². The summed E-state index contributed by atoms with van der Waals surface area (Å²) in [6.07, 6.45) is 1.02. The summed E-state index contributed by atoms with van der Waals surface area (Å²) in [7, 11) is 1.73. The van der Waals surface area contributed by atoms with E-state index in [1.165, 1.54) is 0 Å². The predicted octanol–water partition coefficient (Wildman–Crippen LogP) is 1.75. The predicted molar refractivity (Wildman–Crippen MR) is 101 cm³/mol. The number of ether oxygens (including phenoxy) is 1. The van der Waals surface area contributed by atoms with Crippen LogP contribution in [0.2, 0.25) is 0 Å². The van der Waals surface area contributed by atoms with Crippen molar-refractivity contribution in [3.05, 3.63) is 46.2 Å². The molecule has 0 saturated carbocycles. The van der Waals surface area contributed by atoms with Crippen molar-refractivity contribution in [2.24, 2.45) is 0 Å². The van der Waals surface area contributed by atoms with Crippen molar-refractivity contribution in [2.75, 3.05) is 26.7 Å². The normalized spacial score (nSPS) is 19.0. The molecule has 2 fully saturated rings. The largest absolute Gasteiger partial charge is 0.441 e. The van der Waals surface area contributed by atoms with Gasteiger partial charge in [-0.15, -0.1) is 0 Å². The first kappa shape index (κ1) is 17.6. The number of likely N-dealkylation sites (N-methyl/N-ethyl adjacent to an activating group) is 1. The molecular formula is C20H23N3O4. The Balaban J connectivity index is 1.51. The molecule has 2 amide bonds. The number of hydrogen-bond acceptors (Lipinski definition) is 4. The first-order valence-corrected chi connectivity index (χ1v) is 9.20. The molecule has 0 bridgehead atoms. The number of nitrogens with zero attached hydrogens (tertiary/aromatic N) is 3. The van der Waals surface area contributed by atoms with Crippen LogP contribution < -0.4 is 5.43 Å². The average molecular weight is 369 g/mol. The highest BCUT2D eigenvalue weighted by molar-refractivity contribution is 5.82. The zero-order valence-corrected chi connectivity index (χ0v) is 15.6. The number of carbonyl (C=O) groups is 2. The molecule has 0 atom stereocenters. The monoisotopic (exact) mass is 369 g/mol. The van der Waals surface area contributed by atoms with E-state index in [1.807, 2.05) is 34.6 Å². The van der Waals surface area contributed by atoms with Gasteiger partial charge in [0.25, 0.3) is 0 Å². The molecule has 0 aliphatic carbocycles. The second-order valence-electron chi connectivity index (χ2n) is 7.54. The Morgan fingerprint density at radius 1 is 1.19 bits per heavy atom. The van der Waals surface area contributed by atoms with Crippen molar-refractivity contribution < 1.29 is 14.3 Å². The first-order chi connectivity index (χ1) is 12.9. The molecule has 3 heterocycles. The van der Waals surface area contributed by atoms with Gasteiger partial charge in [-0.05, 0) is 19.1 Å². The Morgan fingerprint density at radius 3 is 2.56 bits per heavy atom. The summed E-state index contributed by atoms with van der Waals surface area (Å²) in [5.41, 5.74) is 1.06. The minimum absolute atomic E-state index is 0.0134. The molecule has 2 aliphatic heterocycles. The fraction of sp³-hybridized carbons (Fsp3) is 0.450. The first-order valence-electron chi connectivity index (χ1n) is 9.20. The fourth-order valence-electron chi connectivity index (χ4n) is 4.11. The zero-order chi connectivity index (χ0) is 19.2. The summed E-state index contributed by atoms with van der Waals surface area (Å²) in [5.74, 6) is 0.0134. The maximum Gasteiger partial charge on any atom is 0.410 e. The van der Waals surface area contributed by atoms with Crippen molar-refractivity contribution in [3.8, 4) is 0 Å². The van der Waals surface area contributed by atoms with Crippen LogP contribution in [0.3, 0.4) is 0 Å². The van der Waals surface area contributed by atoms with E-state index in [2.05, 4.69) is 0 Å². The van der Waals surface area contributed by atoms with Crippen LogP contribution in [-0.4, -0.2) is 58.7 Å². The van der Waals surface area contributed by atoms with Crippen LogP contribution in [0, 0.1) is 6.92 Å². The molecule has 0 unspecified atom stereocenters. The third-order valence-electron chi connectivity index (χ3n) is 5.69. The second kappa shape index (κ2) is 6.40. The lowest BCUT2D eigenvalue weighted by Gasteiger charge is -2.37. The van der Waals surface area contributed by atoms with Gasteiger partial charge in [0.2, 0.25) is 5.91 Å². The highest BCUT2D eigenvalue weighted by Gasteiger charge is 2.46. The molecule has 0 N–H and O–H groups in total. The highest BCUT2D eigenvalue weighted by atomic mass is 16.6. The molecule has 142 valence electrons. The number of piperidine rings is 1. The summed E-state index contributed by atoms with van der Waals surface area (Å²) in [6.45, 7) is 3.75. The van der Waals surface area contributed by atoms with E-state index in [4.69, 9.17) is 4.74 Å². The number of amides is 2. The van der Waals surface area contributed by atoms with Gasteiger partial charge in [-0.2, -0.15) is 0 Å². The van der Waals surface area contributed by atoms with E-state index in [1.54, 1.807) is 24.1 Å². The number of pyridine rings is 1. The average Bonchev–Trinajstić information content (AvgIpc) is 2.92. The Bertz CT molecular complexity index is 973. The maximum atomic E-state index is 12.9. The molecule has 7 nitrogen and oxygen atoms in total. The summed E-state index contributed by atoms with van der Waals surface area (Å²) in [6, 6.07) is 8.94. The van der Waals surface area contributed by atoms with Gasteiger partial charge in [-0.1, -0.05) is 12.1 Å². The van der Waals surface area contributed by atoms with E-state index in [9.17, 15) is 14.4 Å². The summed E-state index contributed by atoms with van der Waals surface area (Å²) >= 11 is 0. The number of carbonyl (C=O) groups excluding carboxylic acids is 2. The Labute approximate surface area is 157 Å². The Hall–Kier alpha value is -2.83. The standard InChI is InChI=1S/C20H23N3O4/c1-14-11-17(24)15-5-3-4-6-16(15)23(14)12-18(25)22-9-7-20(8-10-22)13-21(2)19(26)27-20/h3-6,11H,7-10,12-13H2,1-2H3. The zero-order valence-electron chi connectivity index (χ0n) is 15.6. The number of fused-ring (bicyclic) bond motifs is 1. The number of hydrogen-bond donors (Lipinski definition) is 0. The third-order valence-corrected chi connectivity index (χ3v) is 5.69. The van der Waals surface area contributed by atoms with Gasteiger partial charge in [0.15, 0.2) is 5.43 Å². The minimum Gasteiger partial charge on any atom is -0.441 e. The summed E-state index contributed by atoms with van der Waals surface area (Å²) in [4.78, 5) is 40.2. The van der Waals surface area contributed by atoms with Crippen LogP contribution in [0.5, 0.6) is 0 Å². The van der Waals surface area contributed by atoms with Crippen molar-refractivity contribution in [2.45, 2.75) is 31.9 Å². The van der Waals surface area contributed by atoms with Crippen LogP contribution in [0.15, 0.2) is 35.1 Å². The van der Waals surface area contributed by atoms with Crippen molar-refractivity contribution in [1.29, 1.82) is 0 Å². The van der Waals surface area contributed by atoms with Gasteiger partial charge in [0.05, 0.1) is 12.1 Å². The van der Waals surface area contributed by atoms with Gasteiger partial charge in [-0.25, -0.2) is 4.79 Å². The molecule has 1 spiro atoms. The molecule has 2 aromatic rings. The molecule has 2 aliphatic rings. The second-order valence-corrected chi connectivity index (χ2v) is 7.54. The number of aryl methyl sites for hydroxylation is 1. The Kier molecular flexibility index (Phi) is 4.17. The molecule has 2 saturated heterocycles. The molecule has 0 radical (unpaired) electrons. The number of likely N-dealkylation sites (tertiary alicyclic amines) is 1. The highest BCUT2D eigenvalue weighted by Crippen LogP contribution is 2.32. The van der Waals surface area contributed by atoms with E-state index in [0.29, 0.717) is 37.9 Å². The van der Waals surface area contributed by atoms with Gasteiger partial charge >= 0.3 is 6.09 Å². The topological polar surface area (TPSA) is 71.9 Å². The lowest BCUT2D eigenvalue weighted by Crippen LogP contribution is -2.49.